The van der Waals surface area contributed by atoms with Gasteiger partial charge in [0.1, 0.15) is 5.82 Å². The summed E-state index contributed by atoms with van der Waals surface area (Å²) in [5.41, 5.74) is 3.10. The Morgan fingerprint density at radius 2 is 2.00 bits per heavy atom. The Morgan fingerprint density at radius 3 is 2.76 bits per heavy atom. The highest BCUT2D eigenvalue weighted by atomic mass is 79.9. The molecule has 1 unspecified atom stereocenters. The smallest absolute Gasteiger partial charge is 0.131 e. The van der Waals surface area contributed by atoms with Gasteiger partial charge >= 0.3 is 0 Å². The number of para-hydroxylation sites is 2. The molecule has 0 amide bonds. The molecule has 3 nitrogen and oxygen atoms in total. The van der Waals surface area contributed by atoms with Crippen molar-refractivity contribution in [1.82, 2.24) is 9.55 Å². The van der Waals surface area contributed by atoms with Gasteiger partial charge in [-0.05, 0) is 53.2 Å². The number of nitrogens with zero attached hydrogens (tertiary/aromatic N) is 2. The number of hydrogen-bond donors (Lipinski definition) is 1. The fourth-order valence-corrected chi connectivity index (χ4v) is 2.99. The van der Waals surface area contributed by atoms with Crippen LogP contribution in [-0.4, -0.2) is 9.55 Å². The van der Waals surface area contributed by atoms with Gasteiger partial charge in [-0.15, -0.1) is 0 Å². The maximum atomic E-state index is 6.06. The first-order chi connectivity index (χ1) is 10.1. The second kappa shape index (κ2) is 5.70. The molecule has 0 saturated heterocycles. The Kier molecular flexibility index (Phi) is 3.91. The zero-order chi connectivity index (χ0) is 15.0. The largest absolute Gasteiger partial charge is 0.374 e. The van der Waals surface area contributed by atoms with Crippen molar-refractivity contribution in [2.24, 2.45) is 7.05 Å². The molecular formula is C16H15BrClN3. The monoisotopic (exact) mass is 363 g/mol. The summed E-state index contributed by atoms with van der Waals surface area (Å²) >= 11 is 9.60. The Bertz CT molecular complexity index is 797. The first kappa shape index (κ1) is 14.4. The Hall–Kier alpha value is -1.52. The van der Waals surface area contributed by atoms with Crippen molar-refractivity contribution < 1.29 is 0 Å². The number of halogens is 2. The molecule has 5 heteroatoms. The minimum atomic E-state index is 0.0668. The topological polar surface area (TPSA) is 29.9 Å². The fourth-order valence-electron chi connectivity index (χ4n) is 2.46. The lowest BCUT2D eigenvalue weighted by Gasteiger charge is -2.16. The number of rotatable bonds is 3. The average molecular weight is 365 g/mol. The van der Waals surface area contributed by atoms with E-state index in [4.69, 9.17) is 16.6 Å². The predicted molar refractivity (Wildman–Crippen MR) is 91.9 cm³/mol. The van der Waals surface area contributed by atoms with Crippen LogP contribution in [0.3, 0.4) is 0 Å². The number of imidazole rings is 1. The van der Waals surface area contributed by atoms with Crippen LogP contribution in [-0.2, 0) is 7.05 Å². The van der Waals surface area contributed by atoms with Crippen molar-refractivity contribution in [3.05, 3.63) is 57.8 Å². The highest BCUT2D eigenvalue weighted by Gasteiger charge is 2.15. The first-order valence-corrected chi connectivity index (χ1v) is 7.86. The minimum Gasteiger partial charge on any atom is -0.374 e. The van der Waals surface area contributed by atoms with Crippen LogP contribution >= 0.6 is 27.5 Å². The summed E-state index contributed by atoms with van der Waals surface area (Å²) in [6, 6.07) is 13.9. The molecule has 1 heterocycles. The molecule has 0 bridgehead atoms. The number of nitrogens with one attached hydrogen (secondary N) is 1. The van der Waals surface area contributed by atoms with Crippen molar-refractivity contribution in [2.75, 3.05) is 5.32 Å². The van der Waals surface area contributed by atoms with Crippen LogP contribution < -0.4 is 5.32 Å². The number of aromatic nitrogens is 2. The van der Waals surface area contributed by atoms with E-state index >= 15 is 0 Å². The minimum absolute atomic E-state index is 0.0668. The van der Waals surface area contributed by atoms with E-state index < -0.39 is 0 Å². The Labute approximate surface area is 137 Å². The molecular weight excluding hydrogens is 350 g/mol. The average Bonchev–Trinajstić information content (AvgIpc) is 2.81. The van der Waals surface area contributed by atoms with Crippen LogP contribution in [0.5, 0.6) is 0 Å². The van der Waals surface area contributed by atoms with Gasteiger partial charge in [0.25, 0.3) is 0 Å². The molecule has 0 radical (unpaired) electrons. The third-order valence-electron chi connectivity index (χ3n) is 3.51. The molecule has 108 valence electrons. The number of fused-ring (bicyclic) bond motifs is 1. The van der Waals surface area contributed by atoms with Gasteiger partial charge in [0.05, 0.1) is 22.8 Å². The maximum Gasteiger partial charge on any atom is 0.131 e. The molecule has 2 aromatic carbocycles. The van der Waals surface area contributed by atoms with Crippen LogP contribution in [0.1, 0.15) is 18.8 Å². The third kappa shape index (κ3) is 2.78. The summed E-state index contributed by atoms with van der Waals surface area (Å²) in [5.74, 6) is 0.989. The highest BCUT2D eigenvalue weighted by molar-refractivity contribution is 9.10. The Balaban J connectivity index is 1.95. The summed E-state index contributed by atoms with van der Waals surface area (Å²) in [6.45, 7) is 2.09. The summed E-state index contributed by atoms with van der Waals surface area (Å²) < 4.78 is 3.10. The lowest BCUT2D eigenvalue weighted by Crippen LogP contribution is -2.12. The van der Waals surface area contributed by atoms with Crippen molar-refractivity contribution in [3.8, 4) is 0 Å². The van der Waals surface area contributed by atoms with Crippen LogP contribution in [0.2, 0.25) is 5.02 Å². The maximum absolute atomic E-state index is 6.06. The standard InChI is InChI=1S/C16H15BrClN3/c1-10(19-14-9-11(18)7-8-12(14)17)16-20-13-5-3-4-6-15(13)21(16)2/h3-10,19H,1-2H3. The molecule has 3 aromatic rings. The first-order valence-electron chi connectivity index (χ1n) is 6.69. The van der Waals surface area contributed by atoms with Crippen LogP contribution in [0.15, 0.2) is 46.9 Å². The summed E-state index contributed by atoms with van der Waals surface area (Å²) in [5, 5.41) is 4.16. The van der Waals surface area contributed by atoms with E-state index in [0.29, 0.717) is 5.02 Å². The second-order valence-corrected chi connectivity index (χ2v) is 6.30. The normalized spacial score (nSPS) is 12.6. The number of benzene rings is 2. The van der Waals surface area contributed by atoms with Gasteiger partial charge in [0.2, 0.25) is 0 Å². The number of anilines is 1. The molecule has 1 N–H and O–H groups in total. The van der Waals surface area contributed by atoms with E-state index in [9.17, 15) is 0 Å². The quantitative estimate of drug-likeness (QED) is 0.695. The third-order valence-corrected chi connectivity index (χ3v) is 4.44. The number of hydrogen-bond acceptors (Lipinski definition) is 2. The van der Waals surface area contributed by atoms with Crippen molar-refractivity contribution in [1.29, 1.82) is 0 Å². The Morgan fingerprint density at radius 1 is 1.24 bits per heavy atom. The van der Waals surface area contributed by atoms with Gasteiger partial charge in [-0.1, -0.05) is 23.7 Å². The van der Waals surface area contributed by atoms with Gasteiger partial charge in [-0.2, -0.15) is 0 Å². The molecule has 1 aromatic heterocycles. The van der Waals surface area contributed by atoms with E-state index in [1.807, 2.05) is 43.4 Å². The molecule has 0 aliphatic heterocycles. The second-order valence-electron chi connectivity index (χ2n) is 5.01. The predicted octanol–water partition coefficient (Wildman–Crippen LogP) is 5.16. The summed E-state index contributed by atoms with van der Waals surface area (Å²) in [7, 11) is 2.04. The molecule has 0 aliphatic carbocycles. The highest BCUT2D eigenvalue weighted by Crippen LogP contribution is 2.29. The van der Waals surface area contributed by atoms with Crippen molar-refractivity contribution in [2.45, 2.75) is 13.0 Å². The lowest BCUT2D eigenvalue weighted by molar-refractivity contribution is 0.733. The fraction of sp³-hybridized carbons (Fsp3) is 0.188. The zero-order valence-electron chi connectivity index (χ0n) is 11.8. The van der Waals surface area contributed by atoms with Gasteiger partial charge in [-0.25, -0.2) is 4.98 Å². The van der Waals surface area contributed by atoms with Gasteiger partial charge < -0.3 is 9.88 Å². The van der Waals surface area contributed by atoms with Crippen LogP contribution in [0, 0.1) is 0 Å². The molecule has 0 saturated carbocycles. The van der Waals surface area contributed by atoms with Gasteiger partial charge in [-0.3, -0.25) is 0 Å². The van der Waals surface area contributed by atoms with E-state index in [0.717, 1.165) is 27.0 Å². The van der Waals surface area contributed by atoms with E-state index in [2.05, 4.69) is 38.8 Å². The molecule has 0 spiro atoms. The lowest BCUT2D eigenvalue weighted by atomic mass is 10.2. The van der Waals surface area contributed by atoms with Crippen LogP contribution in [0.4, 0.5) is 5.69 Å². The summed E-state index contributed by atoms with van der Waals surface area (Å²) in [6.07, 6.45) is 0. The van der Waals surface area contributed by atoms with Crippen LogP contribution in [0.25, 0.3) is 11.0 Å². The number of aryl methyl sites for hydroxylation is 1. The molecule has 0 aliphatic rings. The van der Waals surface area contributed by atoms with E-state index in [1.165, 1.54) is 0 Å². The molecule has 21 heavy (non-hydrogen) atoms. The van der Waals surface area contributed by atoms with Crippen molar-refractivity contribution in [3.63, 3.8) is 0 Å². The summed E-state index contributed by atoms with van der Waals surface area (Å²) in [4.78, 5) is 4.71. The molecule has 1 atom stereocenters. The van der Waals surface area contributed by atoms with E-state index in [-0.39, 0.29) is 6.04 Å². The van der Waals surface area contributed by atoms with Crippen molar-refractivity contribution >= 4 is 44.3 Å². The zero-order valence-corrected chi connectivity index (χ0v) is 14.1. The SMILES string of the molecule is CC(Nc1cc(Cl)ccc1Br)c1nc2ccccc2n1C. The van der Waals surface area contributed by atoms with Gasteiger partial charge in [0.15, 0.2) is 0 Å². The van der Waals surface area contributed by atoms with E-state index in [1.54, 1.807) is 0 Å². The molecule has 3 rings (SSSR count). The molecule has 0 fully saturated rings. The van der Waals surface area contributed by atoms with Gasteiger partial charge in [0, 0.05) is 16.5 Å².